The summed E-state index contributed by atoms with van der Waals surface area (Å²) in [5, 5.41) is 0. The molecular formula is C9H14O. The summed E-state index contributed by atoms with van der Waals surface area (Å²) in [4.78, 5) is 0. The standard InChI is InChI=1S/C9H14O/c1-3-4-8(2)9-5-6-10-7-9/h3-6,8-9H,7H2,1-2H3/b4-3+. The quantitative estimate of drug-likeness (QED) is 0.532. The maximum Gasteiger partial charge on any atom is 0.0942 e. The van der Waals surface area contributed by atoms with Crippen molar-refractivity contribution in [3.8, 4) is 0 Å². The largest absolute Gasteiger partial charge is 0.501 e. The molecule has 0 spiro atoms. The molecule has 1 heteroatoms. The SMILES string of the molecule is C/C=C/C(C)C1C=COC1. The number of allylic oxidation sites excluding steroid dienone is 2. The van der Waals surface area contributed by atoms with Gasteiger partial charge in [0, 0.05) is 5.92 Å². The molecule has 0 saturated heterocycles. The van der Waals surface area contributed by atoms with Crippen molar-refractivity contribution in [2.75, 3.05) is 6.61 Å². The predicted octanol–water partition coefficient (Wildman–Crippen LogP) is 2.36. The van der Waals surface area contributed by atoms with Crippen LogP contribution in [0.5, 0.6) is 0 Å². The van der Waals surface area contributed by atoms with Crippen LogP contribution in [0.2, 0.25) is 0 Å². The summed E-state index contributed by atoms with van der Waals surface area (Å²) in [7, 11) is 0. The van der Waals surface area contributed by atoms with Gasteiger partial charge in [-0.05, 0) is 18.9 Å². The van der Waals surface area contributed by atoms with E-state index in [1.807, 2.05) is 0 Å². The Bertz CT molecular complexity index is 147. The maximum absolute atomic E-state index is 5.11. The van der Waals surface area contributed by atoms with Crippen molar-refractivity contribution < 1.29 is 4.74 Å². The number of ether oxygens (including phenoxy) is 1. The van der Waals surface area contributed by atoms with Crippen molar-refractivity contribution in [3.05, 3.63) is 24.5 Å². The Morgan fingerprint density at radius 1 is 1.70 bits per heavy atom. The Morgan fingerprint density at radius 3 is 3.00 bits per heavy atom. The fraction of sp³-hybridized carbons (Fsp3) is 0.556. The predicted molar refractivity (Wildman–Crippen MR) is 42.6 cm³/mol. The minimum Gasteiger partial charge on any atom is -0.501 e. The van der Waals surface area contributed by atoms with Crippen LogP contribution < -0.4 is 0 Å². The van der Waals surface area contributed by atoms with Crippen LogP contribution in [0.1, 0.15) is 13.8 Å². The summed E-state index contributed by atoms with van der Waals surface area (Å²) >= 11 is 0. The second-order valence-corrected chi connectivity index (χ2v) is 2.71. The zero-order valence-corrected chi connectivity index (χ0v) is 6.58. The molecule has 10 heavy (non-hydrogen) atoms. The lowest BCUT2D eigenvalue weighted by Gasteiger charge is -2.10. The van der Waals surface area contributed by atoms with E-state index in [0.29, 0.717) is 11.8 Å². The second-order valence-electron chi connectivity index (χ2n) is 2.71. The van der Waals surface area contributed by atoms with Crippen LogP contribution in [0.15, 0.2) is 24.5 Å². The van der Waals surface area contributed by atoms with Gasteiger partial charge >= 0.3 is 0 Å². The number of hydrogen-bond acceptors (Lipinski definition) is 1. The number of hydrogen-bond donors (Lipinski definition) is 0. The molecule has 56 valence electrons. The molecule has 1 aliphatic heterocycles. The van der Waals surface area contributed by atoms with E-state index >= 15 is 0 Å². The molecule has 1 aliphatic rings. The highest BCUT2D eigenvalue weighted by Crippen LogP contribution is 2.19. The Kier molecular flexibility index (Phi) is 2.55. The molecule has 0 radical (unpaired) electrons. The zero-order chi connectivity index (χ0) is 7.40. The molecule has 0 aromatic rings. The molecule has 0 aromatic heterocycles. The summed E-state index contributed by atoms with van der Waals surface area (Å²) in [5.74, 6) is 1.21. The molecule has 0 fully saturated rings. The smallest absolute Gasteiger partial charge is 0.0942 e. The Balaban J connectivity index is 2.40. The van der Waals surface area contributed by atoms with Crippen molar-refractivity contribution in [2.45, 2.75) is 13.8 Å². The molecule has 0 N–H and O–H groups in total. The van der Waals surface area contributed by atoms with Gasteiger partial charge in [-0.25, -0.2) is 0 Å². The molecule has 2 unspecified atom stereocenters. The highest BCUT2D eigenvalue weighted by Gasteiger charge is 2.15. The number of rotatable bonds is 2. The van der Waals surface area contributed by atoms with Crippen molar-refractivity contribution >= 4 is 0 Å². The molecule has 1 nitrogen and oxygen atoms in total. The summed E-state index contributed by atoms with van der Waals surface area (Å²) in [6.45, 7) is 5.12. The molecule has 1 heterocycles. The molecule has 0 aromatic carbocycles. The Hall–Kier alpha value is -0.720. The van der Waals surface area contributed by atoms with E-state index in [0.717, 1.165) is 6.61 Å². The third-order valence-electron chi connectivity index (χ3n) is 1.88. The third-order valence-corrected chi connectivity index (χ3v) is 1.88. The van der Waals surface area contributed by atoms with Gasteiger partial charge in [0.05, 0.1) is 12.9 Å². The van der Waals surface area contributed by atoms with E-state index in [1.54, 1.807) is 6.26 Å². The van der Waals surface area contributed by atoms with Crippen molar-refractivity contribution in [1.29, 1.82) is 0 Å². The summed E-state index contributed by atoms with van der Waals surface area (Å²) in [6.07, 6.45) is 8.23. The minimum absolute atomic E-state index is 0.594. The van der Waals surface area contributed by atoms with Crippen LogP contribution >= 0.6 is 0 Å². The van der Waals surface area contributed by atoms with Gasteiger partial charge in [0.2, 0.25) is 0 Å². The van der Waals surface area contributed by atoms with Crippen LogP contribution in [0.3, 0.4) is 0 Å². The normalized spacial score (nSPS) is 27.2. The average Bonchev–Trinajstić information content (AvgIpc) is 2.38. The first-order valence-corrected chi connectivity index (χ1v) is 3.75. The first kappa shape index (κ1) is 7.39. The first-order valence-electron chi connectivity index (χ1n) is 3.75. The van der Waals surface area contributed by atoms with E-state index in [4.69, 9.17) is 4.74 Å². The van der Waals surface area contributed by atoms with Crippen LogP contribution in [0.4, 0.5) is 0 Å². The minimum atomic E-state index is 0.594. The Morgan fingerprint density at radius 2 is 2.50 bits per heavy atom. The lowest BCUT2D eigenvalue weighted by atomic mass is 9.95. The monoisotopic (exact) mass is 138 g/mol. The van der Waals surface area contributed by atoms with E-state index < -0.39 is 0 Å². The van der Waals surface area contributed by atoms with Gasteiger partial charge in [-0.3, -0.25) is 0 Å². The van der Waals surface area contributed by atoms with Gasteiger partial charge in [-0.15, -0.1) is 0 Å². The molecule has 0 bridgehead atoms. The third kappa shape index (κ3) is 1.63. The first-order chi connectivity index (χ1) is 4.84. The molecule has 1 rings (SSSR count). The van der Waals surface area contributed by atoms with Gasteiger partial charge in [0.15, 0.2) is 0 Å². The van der Waals surface area contributed by atoms with Crippen LogP contribution in [-0.4, -0.2) is 6.61 Å². The molecular weight excluding hydrogens is 124 g/mol. The topological polar surface area (TPSA) is 9.23 Å². The van der Waals surface area contributed by atoms with Crippen LogP contribution in [0, 0.1) is 11.8 Å². The fourth-order valence-electron chi connectivity index (χ4n) is 1.15. The highest BCUT2D eigenvalue weighted by atomic mass is 16.5. The Labute approximate surface area is 62.4 Å². The molecule has 0 amide bonds. The second kappa shape index (κ2) is 3.45. The lowest BCUT2D eigenvalue weighted by Crippen LogP contribution is -2.07. The van der Waals surface area contributed by atoms with E-state index in [1.165, 1.54) is 0 Å². The van der Waals surface area contributed by atoms with E-state index in [-0.39, 0.29) is 0 Å². The van der Waals surface area contributed by atoms with Gasteiger partial charge in [-0.2, -0.15) is 0 Å². The highest BCUT2D eigenvalue weighted by molar-refractivity contribution is 4.98. The van der Waals surface area contributed by atoms with Gasteiger partial charge in [0.25, 0.3) is 0 Å². The van der Waals surface area contributed by atoms with Gasteiger partial charge in [-0.1, -0.05) is 19.1 Å². The summed E-state index contributed by atoms with van der Waals surface area (Å²) < 4.78 is 5.11. The maximum atomic E-state index is 5.11. The van der Waals surface area contributed by atoms with Crippen LogP contribution in [-0.2, 0) is 4.74 Å². The summed E-state index contributed by atoms with van der Waals surface area (Å²) in [6, 6.07) is 0. The van der Waals surface area contributed by atoms with Gasteiger partial charge in [0.1, 0.15) is 0 Å². The van der Waals surface area contributed by atoms with Crippen molar-refractivity contribution in [3.63, 3.8) is 0 Å². The molecule has 2 atom stereocenters. The average molecular weight is 138 g/mol. The van der Waals surface area contributed by atoms with E-state index in [9.17, 15) is 0 Å². The molecule has 0 saturated carbocycles. The summed E-state index contributed by atoms with van der Waals surface area (Å²) in [5.41, 5.74) is 0. The van der Waals surface area contributed by atoms with Crippen molar-refractivity contribution in [2.24, 2.45) is 11.8 Å². The van der Waals surface area contributed by atoms with E-state index in [2.05, 4.69) is 32.1 Å². The van der Waals surface area contributed by atoms with Crippen LogP contribution in [0.25, 0.3) is 0 Å². The zero-order valence-electron chi connectivity index (χ0n) is 6.58. The van der Waals surface area contributed by atoms with Gasteiger partial charge < -0.3 is 4.74 Å². The lowest BCUT2D eigenvalue weighted by molar-refractivity contribution is 0.233. The molecule has 0 aliphatic carbocycles. The fourth-order valence-corrected chi connectivity index (χ4v) is 1.15. The van der Waals surface area contributed by atoms with Crippen molar-refractivity contribution in [1.82, 2.24) is 0 Å².